The molecule has 0 aliphatic carbocycles. The second-order valence-corrected chi connectivity index (χ2v) is 8.48. The molecule has 0 spiro atoms. The molecule has 2 atom stereocenters. The lowest BCUT2D eigenvalue weighted by molar-refractivity contribution is -0.148. The van der Waals surface area contributed by atoms with Crippen molar-refractivity contribution in [2.24, 2.45) is 0 Å². The summed E-state index contributed by atoms with van der Waals surface area (Å²) in [6.45, 7) is 8.45. The molecule has 1 aromatic carbocycles. The van der Waals surface area contributed by atoms with Crippen molar-refractivity contribution in [2.75, 3.05) is 13.7 Å². The summed E-state index contributed by atoms with van der Waals surface area (Å²) in [5.74, 6) is -0.261. The van der Waals surface area contributed by atoms with Crippen molar-refractivity contribution in [2.45, 2.75) is 58.3 Å². The van der Waals surface area contributed by atoms with Crippen LogP contribution in [0.2, 0.25) is 0 Å². The molecule has 0 bridgehead atoms. The quantitative estimate of drug-likeness (QED) is 0.748. The predicted octanol–water partition coefficient (Wildman–Crippen LogP) is 3.26. The van der Waals surface area contributed by atoms with Gasteiger partial charge in [0.2, 0.25) is 0 Å². The first-order valence-corrected chi connectivity index (χ1v) is 9.47. The number of nitrogens with zero attached hydrogens (tertiary/aromatic N) is 1. The molecule has 1 unspecified atom stereocenters. The third-order valence-electron chi connectivity index (χ3n) is 4.31. The van der Waals surface area contributed by atoms with E-state index in [0.717, 1.165) is 10.0 Å². The Hall–Kier alpha value is -1.60. The molecule has 1 heterocycles. The Bertz CT molecular complexity index is 672. The van der Waals surface area contributed by atoms with E-state index in [2.05, 4.69) is 32.2 Å². The number of hydrogen-bond acceptors (Lipinski definition) is 5. The first-order chi connectivity index (χ1) is 12.1. The van der Waals surface area contributed by atoms with Crippen molar-refractivity contribution < 1.29 is 19.1 Å². The molecule has 1 N–H and O–H groups in total. The summed E-state index contributed by atoms with van der Waals surface area (Å²) in [4.78, 5) is 26.3. The molecule has 1 aliphatic rings. The molecule has 1 aliphatic heterocycles. The van der Waals surface area contributed by atoms with Crippen molar-refractivity contribution >= 4 is 28.0 Å². The number of rotatable bonds is 4. The van der Waals surface area contributed by atoms with Crippen LogP contribution in [-0.4, -0.2) is 48.3 Å². The third kappa shape index (κ3) is 5.45. The van der Waals surface area contributed by atoms with Gasteiger partial charge in [-0.15, -0.1) is 0 Å². The van der Waals surface area contributed by atoms with Gasteiger partial charge in [0.25, 0.3) is 0 Å². The summed E-state index contributed by atoms with van der Waals surface area (Å²) >= 11 is 3.50. The van der Waals surface area contributed by atoms with Crippen LogP contribution in [0.3, 0.4) is 0 Å². The topological polar surface area (TPSA) is 67.9 Å². The normalized spacial score (nSPS) is 18.6. The molecule has 26 heavy (non-hydrogen) atoms. The average Bonchev–Trinajstić information content (AvgIpc) is 2.56. The zero-order valence-electron chi connectivity index (χ0n) is 16.0. The number of esters is 1. The van der Waals surface area contributed by atoms with Crippen molar-refractivity contribution in [1.29, 1.82) is 0 Å². The van der Waals surface area contributed by atoms with Crippen molar-refractivity contribution in [3.05, 3.63) is 33.8 Å². The fraction of sp³-hybridized carbons (Fsp3) is 0.579. The maximum absolute atomic E-state index is 12.3. The summed E-state index contributed by atoms with van der Waals surface area (Å²) in [7, 11) is 1.40. The van der Waals surface area contributed by atoms with Crippen molar-refractivity contribution in [1.82, 2.24) is 10.2 Å². The van der Waals surface area contributed by atoms with Crippen LogP contribution in [0.15, 0.2) is 22.7 Å². The minimum Gasteiger partial charge on any atom is -0.468 e. The molecule has 0 aromatic heterocycles. The van der Waals surface area contributed by atoms with E-state index in [1.807, 2.05) is 39.8 Å². The van der Waals surface area contributed by atoms with E-state index in [4.69, 9.17) is 9.47 Å². The highest BCUT2D eigenvalue weighted by atomic mass is 79.9. The molecule has 0 saturated heterocycles. The van der Waals surface area contributed by atoms with Gasteiger partial charge in [-0.05, 0) is 57.4 Å². The van der Waals surface area contributed by atoms with Gasteiger partial charge >= 0.3 is 12.1 Å². The molecule has 1 amide bonds. The van der Waals surface area contributed by atoms with Crippen molar-refractivity contribution in [3.63, 3.8) is 0 Å². The SMILES string of the molecule is COC(=O)[C@@H]1Cc2ccc(Br)cc2CN1C(C)CNC(=O)OC(C)(C)C. The number of amides is 1. The van der Waals surface area contributed by atoms with Gasteiger partial charge in [0, 0.05) is 23.6 Å². The number of hydrogen-bond donors (Lipinski definition) is 1. The van der Waals surface area contributed by atoms with E-state index < -0.39 is 11.7 Å². The Kier molecular flexibility index (Phi) is 6.69. The Balaban J connectivity index is 2.10. The number of alkyl carbamates (subject to hydrolysis) is 1. The largest absolute Gasteiger partial charge is 0.468 e. The van der Waals surface area contributed by atoms with Gasteiger partial charge in [0.1, 0.15) is 11.6 Å². The second-order valence-electron chi connectivity index (χ2n) is 7.56. The number of fused-ring (bicyclic) bond motifs is 1. The highest BCUT2D eigenvalue weighted by molar-refractivity contribution is 9.10. The van der Waals surface area contributed by atoms with Gasteiger partial charge in [0.15, 0.2) is 0 Å². The van der Waals surface area contributed by atoms with E-state index in [9.17, 15) is 9.59 Å². The fourth-order valence-corrected chi connectivity index (χ4v) is 3.46. The minimum absolute atomic E-state index is 0.0567. The van der Waals surface area contributed by atoms with E-state index in [1.54, 1.807) is 0 Å². The summed E-state index contributed by atoms with van der Waals surface area (Å²) in [6, 6.07) is 5.67. The average molecular weight is 427 g/mol. The molecule has 1 aromatic rings. The number of methoxy groups -OCH3 is 1. The van der Waals surface area contributed by atoms with Gasteiger partial charge in [0.05, 0.1) is 7.11 Å². The molecular weight excluding hydrogens is 400 g/mol. The first-order valence-electron chi connectivity index (χ1n) is 8.68. The standard InChI is InChI=1S/C19H27BrN2O4/c1-12(10-21-18(24)26-19(2,3)4)22-11-14-8-15(20)7-6-13(14)9-16(22)17(23)25-5/h6-8,12,16H,9-11H2,1-5H3,(H,21,24)/t12?,16-/m0/s1. The van der Waals surface area contributed by atoms with Gasteiger partial charge in [-0.1, -0.05) is 22.0 Å². The summed E-state index contributed by atoms with van der Waals surface area (Å²) in [6.07, 6.45) is 0.130. The van der Waals surface area contributed by atoms with E-state index in [-0.39, 0.29) is 18.1 Å². The molecule has 2 rings (SSSR count). The van der Waals surface area contributed by atoms with Crippen molar-refractivity contribution in [3.8, 4) is 0 Å². The zero-order valence-corrected chi connectivity index (χ0v) is 17.6. The molecule has 6 nitrogen and oxygen atoms in total. The Morgan fingerprint density at radius 1 is 1.35 bits per heavy atom. The zero-order chi connectivity index (χ0) is 19.5. The molecule has 7 heteroatoms. The molecular formula is C19H27BrN2O4. The highest BCUT2D eigenvalue weighted by Gasteiger charge is 2.35. The Morgan fingerprint density at radius 2 is 2.04 bits per heavy atom. The summed E-state index contributed by atoms with van der Waals surface area (Å²) in [5, 5.41) is 2.78. The maximum atomic E-state index is 12.3. The minimum atomic E-state index is -0.543. The van der Waals surface area contributed by atoms with Crippen LogP contribution in [-0.2, 0) is 27.2 Å². The van der Waals surface area contributed by atoms with Crippen LogP contribution in [0.25, 0.3) is 0 Å². The predicted molar refractivity (Wildman–Crippen MR) is 103 cm³/mol. The molecule has 0 saturated carbocycles. The lowest BCUT2D eigenvalue weighted by Crippen LogP contribution is -2.53. The second kappa shape index (κ2) is 8.39. The van der Waals surface area contributed by atoms with Crippen LogP contribution in [0.1, 0.15) is 38.8 Å². The third-order valence-corrected chi connectivity index (χ3v) is 4.81. The van der Waals surface area contributed by atoms with Crippen LogP contribution in [0.4, 0.5) is 4.79 Å². The monoisotopic (exact) mass is 426 g/mol. The summed E-state index contributed by atoms with van der Waals surface area (Å²) in [5.41, 5.74) is 1.77. The smallest absolute Gasteiger partial charge is 0.407 e. The molecule has 144 valence electrons. The number of carbonyl (C=O) groups is 2. The number of carbonyl (C=O) groups excluding carboxylic acids is 2. The van der Waals surface area contributed by atoms with Gasteiger partial charge in [-0.3, -0.25) is 9.69 Å². The Labute approximate surface area is 163 Å². The summed E-state index contributed by atoms with van der Waals surface area (Å²) < 4.78 is 11.3. The van der Waals surface area contributed by atoms with Gasteiger partial charge in [-0.25, -0.2) is 4.79 Å². The van der Waals surface area contributed by atoms with Gasteiger partial charge < -0.3 is 14.8 Å². The fourth-order valence-electron chi connectivity index (χ4n) is 3.05. The van der Waals surface area contributed by atoms with Crippen LogP contribution >= 0.6 is 15.9 Å². The lowest BCUT2D eigenvalue weighted by atomic mass is 9.92. The Morgan fingerprint density at radius 3 is 2.65 bits per heavy atom. The van der Waals surface area contributed by atoms with E-state index >= 15 is 0 Å². The number of nitrogens with one attached hydrogen (secondary N) is 1. The first kappa shape index (κ1) is 20.7. The molecule has 0 fully saturated rings. The van der Waals surface area contributed by atoms with Crippen LogP contribution in [0.5, 0.6) is 0 Å². The number of benzene rings is 1. The van der Waals surface area contributed by atoms with Crippen LogP contribution in [0, 0.1) is 0 Å². The lowest BCUT2D eigenvalue weighted by Gasteiger charge is -2.39. The van der Waals surface area contributed by atoms with Gasteiger partial charge in [-0.2, -0.15) is 0 Å². The van der Waals surface area contributed by atoms with E-state index in [0.29, 0.717) is 19.5 Å². The maximum Gasteiger partial charge on any atom is 0.407 e. The van der Waals surface area contributed by atoms with Crippen LogP contribution < -0.4 is 5.32 Å². The highest BCUT2D eigenvalue weighted by Crippen LogP contribution is 2.28. The number of halogens is 1. The molecule has 0 radical (unpaired) electrons. The number of ether oxygens (including phenoxy) is 2. The van der Waals surface area contributed by atoms with E-state index in [1.165, 1.54) is 12.7 Å².